The zero-order valence-corrected chi connectivity index (χ0v) is 11.6. The number of amides is 2. The van der Waals surface area contributed by atoms with Gasteiger partial charge in [-0.1, -0.05) is 0 Å². The highest BCUT2D eigenvalue weighted by Gasteiger charge is 2.50. The molecular weight excluding hydrogens is 274 g/mol. The molecule has 2 N–H and O–H groups in total. The second-order valence-electron chi connectivity index (χ2n) is 5.12. The van der Waals surface area contributed by atoms with E-state index in [4.69, 9.17) is 5.11 Å². The Labute approximate surface area is 111 Å². The predicted octanol–water partition coefficient (Wildman–Crippen LogP) is -0.560. The van der Waals surface area contributed by atoms with Crippen LogP contribution in [0.4, 0.5) is 4.79 Å². The molecular formula is C10H17N3O5S. The van der Waals surface area contributed by atoms with E-state index < -0.39 is 28.4 Å². The maximum atomic E-state index is 11.9. The average Bonchev–Trinajstić information content (AvgIpc) is 2.56. The summed E-state index contributed by atoms with van der Waals surface area (Å²) in [5.74, 6) is -0.306. The van der Waals surface area contributed by atoms with E-state index in [0.29, 0.717) is 23.6 Å². The highest BCUT2D eigenvalue weighted by Crippen LogP contribution is 2.34. The third-order valence-electron chi connectivity index (χ3n) is 3.65. The van der Waals surface area contributed by atoms with Crippen molar-refractivity contribution in [1.82, 2.24) is 13.9 Å². The van der Waals surface area contributed by atoms with Gasteiger partial charge in [0.1, 0.15) is 0 Å². The number of rotatable bonds is 1. The second kappa shape index (κ2) is 4.64. The van der Waals surface area contributed by atoms with Gasteiger partial charge in [0.2, 0.25) is 5.91 Å². The highest BCUT2D eigenvalue weighted by atomic mass is 32.2. The third kappa shape index (κ3) is 2.39. The first-order chi connectivity index (χ1) is 8.74. The summed E-state index contributed by atoms with van der Waals surface area (Å²) in [4.78, 5) is 24.4. The van der Waals surface area contributed by atoms with Gasteiger partial charge >= 0.3 is 16.3 Å². The number of carbonyl (C=O) groups is 2. The van der Waals surface area contributed by atoms with Crippen LogP contribution < -0.4 is 4.72 Å². The molecule has 0 spiro atoms. The van der Waals surface area contributed by atoms with Crippen molar-refractivity contribution in [2.75, 3.05) is 14.1 Å². The molecule has 2 aliphatic rings. The minimum atomic E-state index is -3.98. The monoisotopic (exact) mass is 291 g/mol. The first kappa shape index (κ1) is 14.1. The summed E-state index contributed by atoms with van der Waals surface area (Å²) in [7, 11) is -0.680. The molecule has 1 heterocycles. The van der Waals surface area contributed by atoms with Crippen molar-refractivity contribution in [2.24, 2.45) is 5.92 Å². The Balaban J connectivity index is 2.17. The lowest BCUT2D eigenvalue weighted by Crippen LogP contribution is -2.46. The van der Waals surface area contributed by atoms with Crippen LogP contribution in [0.25, 0.3) is 0 Å². The van der Waals surface area contributed by atoms with Gasteiger partial charge in [-0.05, 0) is 19.3 Å². The van der Waals surface area contributed by atoms with Crippen LogP contribution in [0, 0.1) is 5.92 Å². The summed E-state index contributed by atoms with van der Waals surface area (Å²) in [6.07, 6.45) is -0.269. The Morgan fingerprint density at radius 2 is 1.95 bits per heavy atom. The number of fused-ring (bicyclic) bond motifs is 1. The molecule has 2 unspecified atom stereocenters. The van der Waals surface area contributed by atoms with Crippen LogP contribution in [-0.4, -0.2) is 60.9 Å². The average molecular weight is 291 g/mol. The zero-order valence-electron chi connectivity index (χ0n) is 10.7. The third-order valence-corrected chi connectivity index (χ3v) is 5.20. The summed E-state index contributed by atoms with van der Waals surface area (Å²) in [5, 5.41) is 8.98. The van der Waals surface area contributed by atoms with Crippen LogP contribution in [-0.2, 0) is 15.0 Å². The number of carboxylic acid groups (broad SMARTS) is 1. The zero-order chi connectivity index (χ0) is 14.4. The molecule has 0 aromatic carbocycles. The number of carbonyl (C=O) groups excluding carboxylic acids is 1. The van der Waals surface area contributed by atoms with Crippen LogP contribution >= 0.6 is 0 Å². The summed E-state index contributed by atoms with van der Waals surface area (Å²) < 4.78 is 26.3. The Kier molecular flexibility index (Phi) is 3.43. The van der Waals surface area contributed by atoms with Crippen LogP contribution in [0.2, 0.25) is 0 Å². The van der Waals surface area contributed by atoms with Crippen molar-refractivity contribution >= 4 is 22.2 Å². The van der Waals surface area contributed by atoms with Crippen molar-refractivity contribution in [3.8, 4) is 0 Å². The van der Waals surface area contributed by atoms with Gasteiger partial charge < -0.3 is 10.0 Å². The number of hydrogen-bond donors (Lipinski definition) is 2. The summed E-state index contributed by atoms with van der Waals surface area (Å²) >= 11 is 0. The van der Waals surface area contributed by atoms with Gasteiger partial charge in [0.25, 0.3) is 0 Å². The number of hydrogen-bond acceptors (Lipinski definition) is 4. The topological polar surface area (TPSA) is 107 Å². The van der Waals surface area contributed by atoms with Crippen LogP contribution in [0.15, 0.2) is 0 Å². The largest absolute Gasteiger partial charge is 0.464 e. The van der Waals surface area contributed by atoms with Crippen molar-refractivity contribution in [2.45, 2.75) is 31.3 Å². The molecule has 1 aliphatic heterocycles. The standard InChI is InChI=1S/C10H17N3O5S/c1-12(2)9(14)6-3-4-8-7(5-6)11-19(17,18)13(8)10(15)16/h6-8,11H,3-5H2,1-2H3,(H,15,16)/t6?,7-,8?/m1/s1. The molecule has 108 valence electrons. The van der Waals surface area contributed by atoms with Gasteiger partial charge in [-0.2, -0.15) is 17.4 Å². The van der Waals surface area contributed by atoms with Gasteiger partial charge in [-0.15, -0.1) is 0 Å². The molecule has 0 aromatic rings. The van der Waals surface area contributed by atoms with Crippen LogP contribution in [0.1, 0.15) is 19.3 Å². The Morgan fingerprint density at radius 3 is 2.47 bits per heavy atom. The predicted molar refractivity (Wildman–Crippen MR) is 65.5 cm³/mol. The molecule has 0 radical (unpaired) electrons. The minimum Gasteiger partial charge on any atom is -0.464 e. The normalized spacial score (nSPS) is 32.7. The van der Waals surface area contributed by atoms with Crippen molar-refractivity contribution in [1.29, 1.82) is 0 Å². The minimum absolute atomic E-state index is 0.0496. The van der Waals surface area contributed by atoms with Gasteiger partial charge in [-0.3, -0.25) is 4.79 Å². The molecule has 2 rings (SSSR count). The quantitative estimate of drug-likeness (QED) is 0.673. The molecule has 0 aromatic heterocycles. The van der Waals surface area contributed by atoms with Gasteiger partial charge in [0, 0.05) is 26.1 Å². The SMILES string of the molecule is CN(C)C(=O)C1CCC2[C@@H](C1)NS(=O)(=O)N2C(=O)O. The lowest BCUT2D eigenvalue weighted by Gasteiger charge is -2.32. The van der Waals surface area contributed by atoms with E-state index in [2.05, 4.69) is 4.72 Å². The number of nitrogens with zero attached hydrogens (tertiary/aromatic N) is 2. The maximum Gasteiger partial charge on any atom is 0.422 e. The fraction of sp³-hybridized carbons (Fsp3) is 0.800. The van der Waals surface area contributed by atoms with Gasteiger partial charge in [-0.25, -0.2) is 4.79 Å². The first-order valence-electron chi connectivity index (χ1n) is 6.00. The Hall–Kier alpha value is -1.35. The second-order valence-corrected chi connectivity index (χ2v) is 6.70. The fourth-order valence-electron chi connectivity index (χ4n) is 2.82. The van der Waals surface area contributed by atoms with E-state index in [1.54, 1.807) is 14.1 Å². The molecule has 1 aliphatic carbocycles. The summed E-state index contributed by atoms with van der Waals surface area (Å²) in [6.45, 7) is 0. The Bertz CT molecular complexity index is 503. The lowest BCUT2D eigenvalue weighted by molar-refractivity contribution is -0.134. The van der Waals surface area contributed by atoms with Gasteiger partial charge in [0.05, 0.1) is 6.04 Å². The van der Waals surface area contributed by atoms with E-state index >= 15 is 0 Å². The van der Waals surface area contributed by atoms with Crippen molar-refractivity contribution in [3.63, 3.8) is 0 Å². The molecule has 1 saturated carbocycles. The van der Waals surface area contributed by atoms with E-state index in [9.17, 15) is 18.0 Å². The smallest absolute Gasteiger partial charge is 0.422 e. The highest BCUT2D eigenvalue weighted by molar-refractivity contribution is 7.88. The first-order valence-corrected chi connectivity index (χ1v) is 7.44. The van der Waals surface area contributed by atoms with E-state index in [1.807, 2.05) is 0 Å². The molecule has 8 nitrogen and oxygen atoms in total. The molecule has 9 heteroatoms. The summed E-state index contributed by atoms with van der Waals surface area (Å²) in [6, 6.07) is -1.11. The van der Waals surface area contributed by atoms with Crippen LogP contribution in [0.5, 0.6) is 0 Å². The summed E-state index contributed by atoms with van der Waals surface area (Å²) in [5.41, 5.74) is 0. The van der Waals surface area contributed by atoms with E-state index in [0.717, 1.165) is 0 Å². The van der Waals surface area contributed by atoms with Gasteiger partial charge in [0.15, 0.2) is 0 Å². The molecule has 2 amide bonds. The fourth-order valence-corrected chi connectivity index (χ4v) is 4.39. The maximum absolute atomic E-state index is 11.9. The lowest BCUT2D eigenvalue weighted by atomic mass is 9.82. The molecule has 19 heavy (non-hydrogen) atoms. The Morgan fingerprint density at radius 1 is 1.32 bits per heavy atom. The molecule has 3 atom stereocenters. The van der Waals surface area contributed by atoms with E-state index in [1.165, 1.54) is 4.90 Å². The van der Waals surface area contributed by atoms with Crippen molar-refractivity contribution < 1.29 is 23.1 Å². The van der Waals surface area contributed by atoms with E-state index in [-0.39, 0.29) is 11.8 Å². The molecule has 1 saturated heterocycles. The molecule has 2 fully saturated rings. The number of nitrogens with one attached hydrogen (secondary N) is 1. The molecule has 0 bridgehead atoms. The van der Waals surface area contributed by atoms with Crippen LogP contribution in [0.3, 0.4) is 0 Å². The van der Waals surface area contributed by atoms with Crippen molar-refractivity contribution in [3.05, 3.63) is 0 Å².